The number of amides is 1. The highest BCUT2D eigenvalue weighted by atomic mass is 32.2. The van der Waals surface area contributed by atoms with Gasteiger partial charge < -0.3 is 0 Å². The SMILES string of the molecule is C/[S@@H](=O)=N\C(=O)C(C)(C)C. The number of carbonyl (C=O) groups excluding carboxylic acids is 1. The van der Waals surface area contributed by atoms with Gasteiger partial charge in [0.15, 0.2) is 0 Å². The molecule has 0 fully saturated rings. The summed E-state index contributed by atoms with van der Waals surface area (Å²) in [4.78, 5) is 10.9. The average Bonchev–Trinajstić information content (AvgIpc) is 1.60. The largest absolute Gasteiger partial charge is 0.271 e. The molecule has 0 saturated carbocycles. The van der Waals surface area contributed by atoms with Gasteiger partial charge in [0.05, 0.1) is 0 Å². The maximum absolute atomic E-state index is 10.9. The lowest BCUT2D eigenvalue weighted by molar-refractivity contribution is -0.124. The third kappa shape index (κ3) is 3.61. The Bertz CT molecular complexity index is 208. The Morgan fingerprint density at radius 3 is 1.90 bits per heavy atom. The number of hydrogen-bond acceptors (Lipinski definition) is 2. The van der Waals surface area contributed by atoms with E-state index in [1.54, 1.807) is 20.8 Å². The van der Waals surface area contributed by atoms with Crippen LogP contribution in [0.2, 0.25) is 0 Å². The Hall–Kier alpha value is -0.380. The second kappa shape index (κ2) is 3.14. The van der Waals surface area contributed by atoms with Gasteiger partial charge in [0.25, 0.3) is 5.91 Å². The normalized spacial score (nSPS) is 15.2. The van der Waals surface area contributed by atoms with Crippen LogP contribution in [0.25, 0.3) is 0 Å². The number of hydrogen-bond donors (Lipinski definition) is 1. The maximum atomic E-state index is 10.9. The zero-order chi connectivity index (χ0) is 8.36. The summed E-state index contributed by atoms with van der Waals surface area (Å²) >= 11 is 0. The Kier molecular flexibility index (Phi) is 3.02. The van der Waals surface area contributed by atoms with Crippen molar-refractivity contribution < 1.29 is 9.00 Å². The van der Waals surface area contributed by atoms with Gasteiger partial charge in [-0.1, -0.05) is 20.8 Å². The molecule has 0 bridgehead atoms. The monoisotopic (exact) mass is 163 g/mol. The second-order valence-corrected chi connectivity index (χ2v) is 4.25. The van der Waals surface area contributed by atoms with Crippen LogP contribution in [-0.2, 0) is 15.4 Å². The van der Waals surface area contributed by atoms with Crippen molar-refractivity contribution in [2.24, 2.45) is 9.78 Å². The number of rotatable bonds is 0. The molecule has 0 aromatic rings. The van der Waals surface area contributed by atoms with E-state index in [1.165, 1.54) is 6.26 Å². The third-order valence-electron chi connectivity index (χ3n) is 0.873. The molecule has 1 atom stereocenters. The van der Waals surface area contributed by atoms with Crippen molar-refractivity contribution in [3.05, 3.63) is 0 Å². The van der Waals surface area contributed by atoms with Gasteiger partial charge in [-0.05, 0) is 0 Å². The highest BCUT2D eigenvalue weighted by Gasteiger charge is 2.19. The Labute approximate surface area is 63.0 Å². The number of carbonyl (C=O) groups is 1. The minimum atomic E-state index is -1.68. The molecule has 60 valence electrons. The number of nitrogens with zero attached hydrogens (tertiary/aromatic N) is 1. The predicted octanol–water partition coefficient (Wildman–Crippen LogP) is 0.854. The van der Waals surface area contributed by atoms with E-state index in [2.05, 4.69) is 4.36 Å². The third-order valence-corrected chi connectivity index (χ3v) is 1.34. The molecular formula is C6H13NO2S. The van der Waals surface area contributed by atoms with Crippen LogP contribution >= 0.6 is 0 Å². The molecule has 0 aromatic carbocycles. The van der Waals surface area contributed by atoms with Crippen LogP contribution in [0.4, 0.5) is 0 Å². The molecule has 0 spiro atoms. The summed E-state index contributed by atoms with van der Waals surface area (Å²) in [6.07, 6.45) is 1.42. The van der Waals surface area contributed by atoms with Crippen molar-refractivity contribution in [2.75, 3.05) is 6.26 Å². The van der Waals surface area contributed by atoms with E-state index in [4.69, 9.17) is 0 Å². The Morgan fingerprint density at radius 2 is 1.80 bits per heavy atom. The fourth-order valence-corrected chi connectivity index (χ4v) is 0.834. The summed E-state index contributed by atoms with van der Waals surface area (Å²) in [5, 5.41) is 0. The van der Waals surface area contributed by atoms with Crippen LogP contribution in [-0.4, -0.2) is 16.4 Å². The summed E-state index contributed by atoms with van der Waals surface area (Å²) in [7, 11) is -1.68. The lowest BCUT2D eigenvalue weighted by atomic mass is 9.96. The van der Waals surface area contributed by atoms with Gasteiger partial charge in [0.1, 0.15) is 0 Å². The molecule has 3 nitrogen and oxygen atoms in total. The molecule has 0 radical (unpaired) electrons. The quantitative estimate of drug-likeness (QED) is 0.538. The minimum Gasteiger partial charge on any atom is -0.271 e. The van der Waals surface area contributed by atoms with E-state index in [9.17, 15) is 9.00 Å². The van der Waals surface area contributed by atoms with E-state index >= 15 is 0 Å². The molecule has 0 rings (SSSR count). The van der Waals surface area contributed by atoms with Crippen LogP contribution in [0, 0.1) is 5.41 Å². The standard InChI is InChI=1S/C6H13NO2S/c1-6(2,3)5(8)7-10(4)9/h10H,1-4H3. The Morgan fingerprint density at radius 1 is 1.40 bits per heavy atom. The molecule has 0 unspecified atom stereocenters. The summed E-state index contributed by atoms with van der Waals surface area (Å²) in [6.45, 7) is 5.24. The first-order chi connectivity index (χ1) is 4.34. The van der Waals surface area contributed by atoms with Crippen LogP contribution in [0.3, 0.4) is 0 Å². The minimum absolute atomic E-state index is 0.295. The van der Waals surface area contributed by atoms with Gasteiger partial charge in [0.2, 0.25) is 0 Å². The second-order valence-electron chi connectivity index (χ2n) is 3.12. The summed E-state index contributed by atoms with van der Waals surface area (Å²) in [5.41, 5.74) is -0.499. The molecule has 0 aliphatic heterocycles. The predicted molar refractivity (Wildman–Crippen MR) is 42.4 cm³/mol. The van der Waals surface area contributed by atoms with Crippen molar-refractivity contribution in [3.63, 3.8) is 0 Å². The first-order valence-corrected chi connectivity index (χ1v) is 4.67. The van der Waals surface area contributed by atoms with Gasteiger partial charge in [-0.25, -0.2) is 0 Å². The van der Waals surface area contributed by atoms with Crippen molar-refractivity contribution in [1.82, 2.24) is 0 Å². The van der Waals surface area contributed by atoms with Gasteiger partial charge in [-0.15, -0.1) is 0 Å². The zero-order valence-electron chi connectivity index (χ0n) is 6.71. The fraction of sp³-hybridized carbons (Fsp3) is 0.833. The van der Waals surface area contributed by atoms with E-state index in [0.717, 1.165) is 0 Å². The van der Waals surface area contributed by atoms with E-state index in [1.807, 2.05) is 0 Å². The molecule has 0 aromatic heterocycles. The molecule has 0 aliphatic carbocycles. The first-order valence-electron chi connectivity index (χ1n) is 3.01. The molecule has 10 heavy (non-hydrogen) atoms. The van der Waals surface area contributed by atoms with Gasteiger partial charge in [0, 0.05) is 22.3 Å². The molecule has 0 aliphatic rings. The van der Waals surface area contributed by atoms with E-state index < -0.39 is 16.0 Å². The molecule has 0 N–H and O–H groups in total. The van der Waals surface area contributed by atoms with E-state index in [-0.39, 0.29) is 5.91 Å². The topological polar surface area (TPSA) is 46.5 Å². The van der Waals surface area contributed by atoms with Crippen LogP contribution < -0.4 is 0 Å². The Balaban J connectivity index is 4.42. The summed E-state index contributed by atoms with van der Waals surface area (Å²) in [5.74, 6) is -0.295. The molecule has 4 heteroatoms. The average molecular weight is 163 g/mol. The van der Waals surface area contributed by atoms with Gasteiger partial charge in [-0.2, -0.15) is 4.36 Å². The van der Waals surface area contributed by atoms with Crippen LogP contribution in [0.15, 0.2) is 4.36 Å². The summed E-state index contributed by atoms with van der Waals surface area (Å²) < 4.78 is 13.9. The summed E-state index contributed by atoms with van der Waals surface area (Å²) in [6, 6.07) is 0. The highest BCUT2D eigenvalue weighted by molar-refractivity contribution is 7.74. The lowest BCUT2D eigenvalue weighted by Gasteiger charge is -2.10. The molecular weight excluding hydrogens is 150 g/mol. The molecule has 0 saturated heterocycles. The van der Waals surface area contributed by atoms with Crippen molar-refractivity contribution in [1.29, 1.82) is 0 Å². The van der Waals surface area contributed by atoms with Crippen molar-refractivity contribution >= 4 is 16.5 Å². The lowest BCUT2D eigenvalue weighted by Crippen LogP contribution is -2.17. The van der Waals surface area contributed by atoms with Crippen molar-refractivity contribution in [3.8, 4) is 0 Å². The highest BCUT2D eigenvalue weighted by Crippen LogP contribution is 2.14. The molecule has 0 heterocycles. The first kappa shape index (κ1) is 9.62. The smallest absolute Gasteiger partial charge is 0.258 e. The van der Waals surface area contributed by atoms with Gasteiger partial charge >= 0.3 is 0 Å². The zero-order valence-corrected chi connectivity index (χ0v) is 7.61. The van der Waals surface area contributed by atoms with Gasteiger partial charge in [-0.3, -0.25) is 9.00 Å². The molecule has 1 amide bonds. The van der Waals surface area contributed by atoms with Crippen LogP contribution in [0.5, 0.6) is 0 Å². The van der Waals surface area contributed by atoms with Crippen LogP contribution in [0.1, 0.15) is 20.8 Å². The van der Waals surface area contributed by atoms with Crippen molar-refractivity contribution in [2.45, 2.75) is 20.8 Å². The maximum Gasteiger partial charge on any atom is 0.258 e. The number of thiol groups is 1. The fourth-order valence-electron chi connectivity index (χ4n) is 0.278. The van der Waals surface area contributed by atoms with E-state index in [0.29, 0.717) is 0 Å².